The fourth-order valence-electron chi connectivity index (χ4n) is 1.67. The van der Waals surface area contributed by atoms with E-state index in [9.17, 15) is 0 Å². The quantitative estimate of drug-likeness (QED) is 0.794. The van der Waals surface area contributed by atoms with Crippen LogP contribution in [0.2, 0.25) is 0 Å². The minimum absolute atomic E-state index is 0.593. The average molecular weight is 205 g/mol. The number of rotatable bonds is 3. The molecule has 0 aliphatic carbocycles. The summed E-state index contributed by atoms with van der Waals surface area (Å²) in [4.78, 5) is 0. The van der Waals surface area contributed by atoms with Gasteiger partial charge in [0.1, 0.15) is 5.82 Å². The first kappa shape index (κ1) is 9.76. The molecule has 0 atom stereocenters. The van der Waals surface area contributed by atoms with Crippen molar-refractivity contribution in [3.05, 3.63) is 18.0 Å². The van der Waals surface area contributed by atoms with Crippen LogP contribution < -0.4 is 5.73 Å². The molecule has 0 amide bonds. The largest absolute Gasteiger partial charge is 0.382 e. The molecule has 2 rings (SSSR count). The summed E-state index contributed by atoms with van der Waals surface area (Å²) in [5, 5.41) is 11.1. The average Bonchev–Trinajstić information content (AvgIpc) is 2.76. The number of hydrogen-bond donors (Lipinski definition) is 2. The highest BCUT2D eigenvalue weighted by molar-refractivity contribution is 5.66. The maximum Gasteiger partial charge on any atom is 0.149 e. The van der Waals surface area contributed by atoms with Crippen molar-refractivity contribution in [1.82, 2.24) is 20.0 Å². The Morgan fingerprint density at radius 2 is 2.33 bits per heavy atom. The first-order chi connectivity index (χ1) is 7.22. The van der Waals surface area contributed by atoms with E-state index in [2.05, 4.69) is 22.2 Å². The second kappa shape index (κ2) is 3.76. The van der Waals surface area contributed by atoms with Crippen LogP contribution in [-0.2, 0) is 13.5 Å². The lowest BCUT2D eigenvalue weighted by Gasteiger charge is -1.99. The highest BCUT2D eigenvalue weighted by Gasteiger charge is 2.12. The SMILES string of the molecule is CCCc1c(N)n[nH]c1-c1cnn(C)c1. The van der Waals surface area contributed by atoms with Gasteiger partial charge in [-0.2, -0.15) is 10.2 Å². The molecule has 2 heterocycles. The zero-order chi connectivity index (χ0) is 10.8. The lowest BCUT2D eigenvalue weighted by atomic mass is 10.1. The fraction of sp³-hybridized carbons (Fsp3) is 0.400. The Morgan fingerprint density at radius 3 is 2.93 bits per heavy atom. The van der Waals surface area contributed by atoms with Crippen molar-refractivity contribution in [2.75, 3.05) is 5.73 Å². The van der Waals surface area contributed by atoms with Crippen molar-refractivity contribution >= 4 is 5.82 Å². The molecule has 0 unspecified atom stereocenters. The van der Waals surface area contributed by atoms with Crippen molar-refractivity contribution in [2.24, 2.45) is 7.05 Å². The number of nitrogens with one attached hydrogen (secondary N) is 1. The fourth-order valence-corrected chi connectivity index (χ4v) is 1.67. The van der Waals surface area contributed by atoms with Gasteiger partial charge in [0.05, 0.1) is 11.9 Å². The van der Waals surface area contributed by atoms with E-state index < -0.39 is 0 Å². The Kier molecular flexibility index (Phi) is 2.45. The van der Waals surface area contributed by atoms with E-state index in [1.807, 2.05) is 19.4 Å². The Hall–Kier alpha value is -1.78. The van der Waals surface area contributed by atoms with Crippen LogP contribution in [0.3, 0.4) is 0 Å². The summed E-state index contributed by atoms with van der Waals surface area (Å²) in [5.41, 5.74) is 8.91. The van der Waals surface area contributed by atoms with Crippen LogP contribution in [0.1, 0.15) is 18.9 Å². The molecule has 2 aromatic heterocycles. The molecule has 0 aliphatic heterocycles. The highest BCUT2D eigenvalue weighted by Crippen LogP contribution is 2.25. The van der Waals surface area contributed by atoms with E-state index in [0.717, 1.165) is 29.7 Å². The van der Waals surface area contributed by atoms with E-state index in [1.54, 1.807) is 4.68 Å². The Labute approximate surface area is 88.3 Å². The molecule has 0 saturated carbocycles. The van der Waals surface area contributed by atoms with Gasteiger partial charge in [0.2, 0.25) is 0 Å². The van der Waals surface area contributed by atoms with Gasteiger partial charge >= 0.3 is 0 Å². The molecule has 0 fully saturated rings. The lowest BCUT2D eigenvalue weighted by molar-refractivity contribution is 0.768. The summed E-state index contributed by atoms with van der Waals surface area (Å²) >= 11 is 0. The maximum absolute atomic E-state index is 5.80. The van der Waals surface area contributed by atoms with E-state index >= 15 is 0 Å². The number of aromatic amines is 1. The summed E-state index contributed by atoms with van der Waals surface area (Å²) < 4.78 is 1.77. The topological polar surface area (TPSA) is 72.5 Å². The molecular weight excluding hydrogens is 190 g/mol. The Morgan fingerprint density at radius 1 is 1.53 bits per heavy atom. The lowest BCUT2D eigenvalue weighted by Crippen LogP contribution is -1.92. The van der Waals surface area contributed by atoms with E-state index in [-0.39, 0.29) is 0 Å². The van der Waals surface area contributed by atoms with Gasteiger partial charge in [-0.05, 0) is 6.42 Å². The van der Waals surface area contributed by atoms with Crippen molar-refractivity contribution in [1.29, 1.82) is 0 Å². The maximum atomic E-state index is 5.80. The third-order valence-electron chi connectivity index (χ3n) is 2.39. The van der Waals surface area contributed by atoms with Crippen LogP contribution in [0.25, 0.3) is 11.3 Å². The van der Waals surface area contributed by atoms with Crippen molar-refractivity contribution < 1.29 is 0 Å². The molecule has 0 spiro atoms. The van der Waals surface area contributed by atoms with Gasteiger partial charge in [-0.3, -0.25) is 9.78 Å². The van der Waals surface area contributed by atoms with Gasteiger partial charge in [0.15, 0.2) is 0 Å². The molecule has 15 heavy (non-hydrogen) atoms. The summed E-state index contributed by atoms with van der Waals surface area (Å²) in [6.07, 6.45) is 5.75. The molecular formula is C10H15N5. The standard InChI is InChI=1S/C10H15N5/c1-3-4-8-9(13-14-10(8)11)7-5-12-15(2)6-7/h5-6H,3-4H2,1-2H3,(H3,11,13,14). The summed E-state index contributed by atoms with van der Waals surface area (Å²) in [6, 6.07) is 0. The van der Waals surface area contributed by atoms with Crippen molar-refractivity contribution in [2.45, 2.75) is 19.8 Å². The minimum Gasteiger partial charge on any atom is -0.382 e. The molecule has 5 nitrogen and oxygen atoms in total. The number of hydrogen-bond acceptors (Lipinski definition) is 3. The van der Waals surface area contributed by atoms with Gasteiger partial charge in [-0.25, -0.2) is 0 Å². The highest BCUT2D eigenvalue weighted by atomic mass is 15.2. The van der Waals surface area contributed by atoms with Crippen LogP contribution in [0.4, 0.5) is 5.82 Å². The van der Waals surface area contributed by atoms with Crippen LogP contribution in [0, 0.1) is 0 Å². The van der Waals surface area contributed by atoms with Gasteiger partial charge in [-0.1, -0.05) is 13.3 Å². The van der Waals surface area contributed by atoms with Crippen molar-refractivity contribution in [3.63, 3.8) is 0 Å². The second-order valence-electron chi connectivity index (χ2n) is 3.62. The van der Waals surface area contributed by atoms with Gasteiger partial charge in [0, 0.05) is 24.4 Å². The predicted molar refractivity (Wildman–Crippen MR) is 59.2 cm³/mol. The van der Waals surface area contributed by atoms with E-state index in [0.29, 0.717) is 5.82 Å². The third kappa shape index (κ3) is 1.72. The van der Waals surface area contributed by atoms with Gasteiger partial charge < -0.3 is 5.73 Å². The Bertz CT molecular complexity index is 454. The number of nitrogens with two attached hydrogens (primary N) is 1. The predicted octanol–water partition coefficient (Wildman–Crippen LogP) is 1.34. The number of aromatic nitrogens is 4. The first-order valence-electron chi connectivity index (χ1n) is 5.04. The number of nitrogens with zero attached hydrogens (tertiary/aromatic N) is 3. The number of nitrogen functional groups attached to an aromatic ring is 1. The van der Waals surface area contributed by atoms with E-state index in [1.165, 1.54) is 0 Å². The van der Waals surface area contributed by atoms with Crippen molar-refractivity contribution in [3.8, 4) is 11.3 Å². The molecule has 80 valence electrons. The molecule has 2 aromatic rings. The molecule has 3 N–H and O–H groups in total. The molecule has 0 aromatic carbocycles. The van der Waals surface area contributed by atoms with Gasteiger partial charge in [-0.15, -0.1) is 0 Å². The second-order valence-corrected chi connectivity index (χ2v) is 3.62. The zero-order valence-electron chi connectivity index (χ0n) is 8.99. The molecule has 0 aliphatic rings. The monoisotopic (exact) mass is 205 g/mol. The number of aryl methyl sites for hydroxylation is 1. The van der Waals surface area contributed by atoms with Crippen LogP contribution in [0.5, 0.6) is 0 Å². The smallest absolute Gasteiger partial charge is 0.149 e. The number of H-pyrrole nitrogens is 1. The Balaban J connectivity index is 2.43. The zero-order valence-corrected chi connectivity index (χ0v) is 8.99. The van der Waals surface area contributed by atoms with Crippen LogP contribution in [-0.4, -0.2) is 20.0 Å². The minimum atomic E-state index is 0.593. The summed E-state index contributed by atoms with van der Waals surface area (Å²) in [6.45, 7) is 2.12. The number of anilines is 1. The molecule has 0 radical (unpaired) electrons. The molecule has 5 heteroatoms. The third-order valence-corrected chi connectivity index (χ3v) is 2.39. The van der Waals surface area contributed by atoms with Gasteiger partial charge in [0.25, 0.3) is 0 Å². The van der Waals surface area contributed by atoms with Crippen LogP contribution >= 0.6 is 0 Å². The normalized spacial score (nSPS) is 10.8. The summed E-state index contributed by atoms with van der Waals surface area (Å²) in [5.74, 6) is 0.593. The van der Waals surface area contributed by atoms with Crippen LogP contribution in [0.15, 0.2) is 12.4 Å². The molecule has 0 saturated heterocycles. The van der Waals surface area contributed by atoms with E-state index in [4.69, 9.17) is 5.73 Å². The summed E-state index contributed by atoms with van der Waals surface area (Å²) in [7, 11) is 1.89. The first-order valence-corrected chi connectivity index (χ1v) is 5.04. The molecule has 0 bridgehead atoms.